The molecule has 0 radical (unpaired) electrons. The van der Waals surface area contributed by atoms with Crippen molar-refractivity contribution in [2.24, 2.45) is 0 Å². The average Bonchev–Trinajstić information content (AvgIpc) is 3.67. The zero-order valence-corrected chi connectivity index (χ0v) is 23.1. The van der Waals surface area contributed by atoms with Crippen LogP contribution in [0.1, 0.15) is 42.4 Å². The summed E-state index contributed by atoms with van der Waals surface area (Å²) < 4.78 is 22.8. The Balaban J connectivity index is 0.00000112. The van der Waals surface area contributed by atoms with Gasteiger partial charge in [0.25, 0.3) is 6.47 Å². The van der Waals surface area contributed by atoms with Gasteiger partial charge in [-0.15, -0.1) is 0 Å². The fourth-order valence-corrected chi connectivity index (χ4v) is 5.45. The van der Waals surface area contributed by atoms with Crippen molar-refractivity contribution in [2.75, 3.05) is 52.9 Å². The van der Waals surface area contributed by atoms with Crippen LogP contribution < -0.4 is 24.3 Å². The molecule has 1 aliphatic heterocycles. The normalized spacial score (nSPS) is 14.3. The van der Waals surface area contributed by atoms with Crippen LogP contribution in [0.5, 0.6) is 23.0 Å². The van der Waals surface area contributed by atoms with Crippen molar-refractivity contribution >= 4 is 23.2 Å². The summed E-state index contributed by atoms with van der Waals surface area (Å²) in [6.45, 7) is 4.56. The number of nitrogens with one attached hydrogen (secondary N) is 1. The van der Waals surface area contributed by atoms with Gasteiger partial charge in [0.05, 0.1) is 33.5 Å². The number of rotatable bonds is 11. The molecule has 0 saturated carbocycles. The summed E-state index contributed by atoms with van der Waals surface area (Å²) in [4.78, 5) is 15.9. The summed E-state index contributed by atoms with van der Waals surface area (Å²) in [5.74, 6) is 4.07. The van der Waals surface area contributed by atoms with E-state index in [0.29, 0.717) is 13.2 Å². The van der Waals surface area contributed by atoms with E-state index in [-0.39, 0.29) is 6.47 Å². The van der Waals surface area contributed by atoms with Crippen LogP contribution in [0.15, 0.2) is 30.3 Å². The van der Waals surface area contributed by atoms with Crippen LogP contribution in [0, 0.1) is 0 Å². The van der Waals surface area contributed by atoms with E-state index < -0.39 is 0 Å². The molecule has 5 rings (SSSR count). The maximum Gasteiger partial charge on any atom is 0.290 e. The van der Waals surface area contributed by atoms with Crippen LogP contribution in [-0.4, -0.2) is 69.0 Å². The lowest BCUT2D eigenvalue weighted by Crippen LogP contribution is -2.21. The minimum atomic E-state index is -0.250. The van der Waals surface area contributed by atoms with E-state index in [1.165, 1.54) is 37.1 Å². The molecule has 39 heavy (non-hydrogen) atoms. The van der Waals surface area contributed by atoms with Gasteiger partial charge in [-0.1, -0.05) is 0 Å². The van der Waals surface area contributed by atoms with Crippen LogP contribution >= 0.6 is 0 Å². The highest BCUT2D eigenvalue weighted by atomic mass is 16.5. The molecule has 3 aromatic rings. The number of ether oxygens (including phenoxy) is 4. The van der Waals surface area contributed by atoms with E-state index in [4.69, 9.17) is 33.8 Å². The minimum absolute atomic E-state index is 0.250. The zero-order chi connectivity index (χ0) is 27.6. The lowest BCUT2D eigenvalue weighted by Gasteiger charge is -2.18. The number of likely N-dealkylation sites (tertiary alicyclic amines) is 1. The summed E-state index contributed by atoms with van der Waals surface area (Å²) in [5.41, 5.74) is 4.67. The van der Waals surface area contributed by atoms with Crippen LogP contribution in [0.25, 0.3) is 10.9 Å². The Bertz CT molecular complexity index is 1260. The molecule has 0 unspecified atom stereocenters. The van der Waals surface area contributed by atoms with Gasteiger partial charge >= 0.3 is 0 Å². The molecule has 2 aliphatic rings. The summed E-state index contributed by atoms with van der Waals surface area (Å²) in [6, 6.07) is 10.1. The van der Waals surface area contributed by atoms with E-state index >= 15 is 0 Å². The number of fused-ring (bicyclic) bond motifs is 3. The molecular formula is C30H39N3O6. The number of carboxylic acid groups (broad SMARTS) is 1. The lowest BCUT2D eigenvalue weighted by atomic mass is 10.0. The van der Waals surface area contributed by atoms with Crippen LogP contribution in [-0.2, 0) is 24.2 Å². The largest absolute Gasteiger partial charge is 0.497 e. The van der Waals surface area contributed by atoms with E-state index in [2.05, 4.69) is 16.3 Å². The quantitative estimate of drug-likeness (QED) is 0.260. The third-order valence-corrected chi connectivity index (χ3v) is 7.36. The Kier molecular flexibility index (Phi) is 10.1. The number of hydrogen-bond acceptors (Lipinski definition) is 8. The van der Waals surface area contributed by atoms with Gasteiger partial charge in [-0.2, -0.15) is 0 Å². The molecule has 0 amide bonds. The predicted octanol–water partition coefficient (Wildman–Crippen LogP) is 4.93. The predicted molar refractivity (Wildman–Crippen MR) is 152 cm³/mol. The second-order valence-corrected chi connectivity index (χ2v) is 9.68. The molecule has 210 valence electrons. The highest BCUT2D eigenvalue weighted by Gasteiger charge is 2.22. The van der Waals surface area contributed by atoms with E-state index in [0.717, 1.165) is 77.5 Å². The zero-order valence-electron chi connectivity index (χ0n) is 23.1. The van der Waals surface area contributed by atoms with Gasteiger partial charge in [-0.3, -0.25) is 4.79 Å². The number of pyridine rings is 1. The summed E-state index contributed by atoms with van der Waals surface area (Å²) in [6.07, 6.45) is 6.85. The molecule has 1 aliphatic carbocycles. The van der Waals surface area contributed by atoms with Crippen molar-refractivity contribution in [3.8, 4) is 23.0 Å². The van der Waals surface area contributed by atoms with Gasteiger partial charge in [0.15, 0.2) is 11.5 Å². The number of benzene rings is 2. The molecule has 1 aromatic heterocycles. The van der Waals surface area contributed by atoms with Gasteiger partial charge in [0.1, 0.15) is 17.3 Å². The summed E-state index contributed by atoms with van der Waals surface area (Å²) in [5, 5.41) is 11.6. The number of carbonyl (C=O) groups is 1. The molecule has 1 saturated heterocycles. The van der Waals surface area contributed by atoms with Crippen molar-refractivity contribution < 1.29 is 28.8 Å². The molecule has 2 aromatic carbocycles. The number of aromatic nitrogens is 1. The number of nitrogens with zero attached hydrogens (tertiary/aromatic N) is 2. The third-order valence-electron chi connectivity index (χ3n) is 7.36. The number of hydrogen-bond donors (Lipinski definition) is 2. The van der Waals surface area contributed by atoms with Crippen LogP contribution in [0.2, 0.25) is 0 Å². The average molecular weight is 538 g/mol. The van der Waals surface area contributed by atoms with Crippen molar-refractivity contribution in [1.29, 1.82) is 0 Å². The van der Waals surface area contributed by atoms with Crippen LogP contribution in [0.4, 0.5) is 5.82 Å². The Morgan fingerprint density at radius 2 is 1.69 bits per heavy atom. The van der Waals surface area contributed by atoms with Gasteiger partial charge in [0, 0.05) is 36.2 Å². The monoisotopic (exact) mass is 537 g/mol. The Labute approximate surface area is 230 Å². The van der Waals surface area contributed by atoms with E-state index in [1.807, 2.05) is 24.3 Å². The number of methoxy groups -OCH3 is 3. The second kappa shape index (κ2) is 13.9. The highest BCUT2D eigenvalue weighted by molar-refractivity contribution is 5.89. The van der Waals surface area contributed by atoms with Gasteiger partial charge < -0.3 is 34.3 Å². The maximum absolute atomic E-state index is 8.36. The van der Waals surface area contributed by atoms with E-state index in [9.17, 15) is 0 Å². The Morgan fingerprint density at radius 1 is 0.949 bits per heavy atom. The van der Waals surface area contributed by atoms with Crippen molar-refractivity contribution in [3.05, 3.63) is 47.0 Å². The topological polar surface area (TPSA) is 102 Å². The van der Waals surface area contributed by atoms with Crippen molar-refractivity contribution in [3.63, 3.8) is 0 Å². The first kappa shape index (κ1) is 28.3. The first-order valence-corrected chi connectivity index (χ1v) is 13.5. The molecule has 9 nitrogen and oxygen atoms in total. The highest BCUT2D eigenvalue weighted by Crippen LogP contribution is 2.39. The van der Waals surface area contributed by atoms with E-state index in [1.54, 1.807) is 21.3 Å². The van der Waals surface area contributed by atoms with Gasteiger partial charge in [0.2, 0.25) is 0 Å². The van der Waals surface area contributed by atoms with Gasteiger partial charge in [-0.05, 0) is 80.9 Å². The summed E-state index contributed by atoms with van der Waals surface area (Å²) >= 11 is 0. The molecule has 0 spiro atoms. The fourth-order valence-electron chi connectivity index (χ4n) is 5.45. The smallest absolute Gasteiger partial charge is 0.290 e. The standard InChI is InChI=1S/C29H37N3O4.CH2O2/c1-33-21-11-10-20(26(16-21)34-2)19-30-29-23-9-6-8-22(23)24-17-27(35-3)28(18-25(24)31-29)36-15-7-14-32-12-4-5-13-32;2-1-3/h10-11,16-18H,4-9,12-15,19H2,1-3H3,(H,30,31);1H,(H,2,3). The fraction of sp³-hybridized carbons (Fsp3) is 0.467. The van der Waals surface area contributed by atoms with Crippen molar-refractivity contribution in [1.82, 2.24) is 9.88 Å². The Hall–Kier alpha value is -3.72. The first-order chi connectivity index (χ1) is 19.1. The lowest BCUT2D eigenvalue weighted by molar-refractivity contribution is -0.122. The number of aryl methyl sites for hydroxylation is 1. The SMILES string of the molecule is COc1ccc(CNc2nc3cc(OCCCN4CCCC4)c(OC)cc3c3c2CCC3)c(OC)c1.O=CO. The molecule has 0 atom stereocenters. The Morgan fingerprint density at radius 3 is 2.41 bits per heavy atom. The molecular weight excluding hydrogens is 498 g/mol. The molecule has 1 fully saturated rings. The van der Waals surface area contributed by atoms with Gasteiger partial charge in [-0.25, -0.2) is 4.98 Å². The van der Waals surface area contributed by atoms with Crippen molar-refractivity contribution in [2.45, 2.75) is 45.1 Å². The molecule has 2 N–H and O–H groups in total. The third kappa shape index (κ3) is 6.84. The first-order valence-electron chi connectivity index (χ1n) is 13.5. The molecule has 2 heterocycles. The summed E-state index contributed by atoms with van der Waals surface area (Å²) in [7, 11) is 5.06. The van der Waals surface area contributed by atoms with Crippen LogP contribution in [0.3, 0.4) is 0 Å². The second-order valence-electron chi connectivity index (χ2n) is 9.68. The maximum atomic E-state index is 8.36. The molecule has 0 bridgehead atoms. The minimum Gasteiger partial charge on any atom is -0.497 e. The number of anilines is 1. The molecule has 9 heteroatoms.